The van der Waals surface area contributed by atoms with E-state index in [4.69, 9.17) is 4.74 Å². The quantitative estimate of drug-likeness (QED) is 0.785. The largest absolute Gasteiger partial charge is 0.491 e. The molecule has 0 aliphatic heterocycles. The lowest BCUT2D eigenvalue weighted by molar-refractivity contribution is 0.0894. The van der Waals surface area contributed by atoms with Crippen molar-refractivity contribution >= 4 is 0 Å². The minimum absolute atomic E-state index is 0.283. The van der Waals surface area contributed by atoms with E-state index in [1.54, 1.807) is 0 Å². The van der Waals surface area contributed by atoms with E-state index >= 15 is 0 Å². The van der Waals surface area contributed by atoms with Gasteiger partial charge >= 0.3 is 0 Å². The normalized spacial score (nSPS) is 16.8. The molecule has 1 aliphatic rings. The Morgan fingerprint density at radius 2 is 2.00 bits per heavy atom. The van der Waals surface area contributed by atoms with E-state index in [0.29, 0.717) is 12.5 Å². The molecule has 1 atom stereocenters. The molecule has 0 heterocycles. The Kier molecular flexibility index (Phi) is 4.43. The second kappa shape index (κ2) is 6.06. The van der Waals surface area contributed by atoms with E-state index in [2.05, 4.69) is 19.1 Å². The van der Waals surface area contributed by atoms with Crippen LogP contribution in [0.2, 0.25) is 0 Å². The molecule has 1 unspecified atom stereocenters. The maximum Gasteiger partial charge on any atom is 0.119 e. The fourth-order valence-corrected chi connectivity index (χ4v) is 1.93. The minimum atomic E-state index is -0.283. The lowest BCUT2D eigenvalue weighted by atomic mass is 10.1. The van der Waals surface area contributed by atoms with Crippen LogP contribution in [0.5, 0.6) is 5.75 Å². The molecule has 2 rings (SSSR count). The molecule has 0 radical (unpaired) electrons. The molecular weight excluding hydrogens is 212 g/mol. The van der Waals surface area contributed by atoms with Crippen molar-refractivity contribution in [2.75, 3.05) is 6.61 Å². The molecule has 17 heavy (non-hydrogen) atoms. The van der Waals surface area contributed by atoms with Gasteiger partial charge in [-0.1, -0.05) is 25.5 Å². The molecule has 0 amide bonds. The molecular formula is C15H22O2. The van der Waals surface area contributed by atoms with Gasteiger partial charge in [0.2, 0.25) is 0 Å². The van der Waals surface area contributed by atoms with Gasteiger partial charge in [0.15, 0.2) is 0 Å². The highest BCUT2D eigenvalue weighted by atomic mass is 16.5. The number of unbranched alkanes of at least 4 members (excludes halogenated alkanes) is 1. The first-order valence-electron chi connectivity index (χ1n) is 6.69. The molecule has 0 spiro atoms. The summed E-state index contributed by atoms with van der Waals surface area (Å²) in [5.74, 6) is 1.35. The summed E-state index contributed by atoms with van der Waals surface area (Å²) in [4.78, 5) is 0. The van der Waals surface area contributed by atoms with Gasteiger partial charge < -0.3 is 9.84 Å². The zero-order chi connectivity index (χ0) is 12.1. The van der Waals surface area contributed by atoms with Crippen LogP contribution in [0.15, 0.2) is 24.3 Å². The van der Waals surface area contributed by atoms with E-state index in [9.17, 15) is 5.11 Å². The third-order valence-corrected chi connectivity index (χ3v) is 3.33. The van der Waals surface area contributed by atoms with Crippen molar-refractivity contribution in [3.63, 3.8) is 0 Å². The first-order valence-corrected chi connectivity index (χ1v) is 6.69. The van der Waals surface area contributed by atoms with Gasteiger partial charge in [0.1, 0.15) is 12.4 Å². The maximum atomic E-state index is 9.70. The molecule has 0 aromatic heterocycles. The van der Waals surface area contributed by atoms with Crippen molar-refractivity contribution in [3.05, 3.63) is 29.8 Å². The van der Waals surface area contributed by atoms with Gasteiger partial charge in [-0.15, -0.1) is 0 Å². The average Bonchev–Trinajstić information content (AvgIpc) is 3.19. The first kappa shape index (κ1) is 12.4. The summed E-state index contributed by atoms with van der Waals surface area (Å²) < 4.78 is 5.58. The van der Waals surface area contributed by atoms with E-state index in [1.165, 1.54) is 18.4 Å². The monoisotopic (exact) mass is 234 g/mol. The number of aryl methyl sites for hydroxylation is 1. The Morgan fingerprint density at radius 1 is 1.29 bits per heavy atom. The number of ether oxygens (including phenoxy) is 1. The van der Waals surface area contributed by atoms with Gasteiger partial charge in [0, 0.05) is 0 Å². The summed E-state index contributed by atoms with van der Waals surface area (Å²) in [5.41, 5.74) is 1.36. The Morgan fingerprint density at radius 3 is 2.59 bits per heavy atom. The van der Waals surface area contributed by atoms with Crippen LogP contribution in [0.3, 0.4) is 0 Å². The van der Waals surface area contributed by atoms with Crippen LogP contribution in [0.25, 0.3) is 0 Å². The summed E-state index contributed by atoms with van der Waals surface area (Å²) in [6, 6.07) is 8.25. The van der Waals surface area contributed by atoms with Gasteiger partial charge in [0.05, 0.1) is 6.10 Å². The fourth-order valence-electron chi connectivity index (χ4n) is 1.93. The standard InChI is InChI=1S/C15H22O2/c1-2-3-4-12-5-9-14(10-6-12)17-11-15(16)13-7-8-13/h5-6,9-10,13,15-16H,2-4,7-8,11H2,1H3. The predicted molar refractivity (Wildman–Crippen MR) is 69.3 cm³/mol. The van der Waals surface area contributed by atoms with Crippen molar-refractivity contribution in [1.29, 1.82) is 0 Å². The zero-order valence-electron chi connectivity index (χ0n) is 10.6. The lowest BCUT2D eigenvalue weighted by Crippen LogP contribution is -2.19. The summed E-state index contributed by atoms with van der Waals surface area (Å²) in [6.07, 6.45) is 5.63. The van der Waals surface area contributed by atoms with Crippen LogP contribution < -0.4 is 4.74 Å². The molecule has 1 aromatic rings. The lowest BCUT2D eigenvalue weighted by Gasteiger charge is -2.11. The number of rotatable bonds is 7. The second-order valence-electron chi connectivity index (χ2n) is 4.96. The van der Waals surface area contributed by atoms with Crippen LogP contribution in [0.4, 0.5) is 0 Å². The van der Waals surface area contributed by atoms with E-state index in [1.807, 2.05) is 12.1 Å². The van der Waals surface area contributed by atoms with Crippen molar-refractivity contribution in [1.82, 2.24) is 0 Å². The predicted octanol–water partition coefficient (Wildman–Crippen LogP) is 3.18. The minimum Gasteiger partial charge on any atom is -0.491 e. The molecule has 2 nitrogen and oxygen atoms in total. The molecule has 1 N–H and O–H groups in total. The molecule has 0 saturated heterocycles. The van der Waals surface area contributed by atoms with Gasteiger partial charge in [-0.3, -0.25) is 0 Å². The molecule has 1 aromatic carbocycles. The van der Waals surface area contributed by atoms with Gasteiger partial charge in [-0.25, -0.2) is 0 Å². The van der Waals surface area contributed by atoms with Crippen molar-refractivity contribution in [3.8, 4) is 5.75 Å². The third-order valence-electron chi connectivity index (χ3n) is 3.33. The highest BCUT2D eigenvalue weighted by Crippen LogP contribution is 2.32. The van der Waals surface area contributed by atoms with Gasteiger partial charge in [-0.05, 0) is 49.3 Å². The van der Waals surface area contributed by atoms with Crippen LogP contribution in [-0.2, 0) is 6.42 Å². The van der Waals surface area contributed by atoms with Crippen LogP contribution >= 0.6 is 0 Å². The molecule has 1 aliphatic carbocycles. The Bertz CT molecular complexity index is 327. The third kappa shape index (κ3) is 4.04. The summed E-state index contributed by atoms with van der Waals surface area (Å²) in [7, 11) is 0. The molecule has 0 bridgehead atoms. The van der Waals surface area contributed by atoms with Crippen molar-refractivity contribution in [2.45, 2.75) is 45.1 Å². The second-order valence-corrected chi connectivity index (χ2v) is 4.96. The number of benzene rings is 1. The highest BCUT2D eigenvalue weighted by molar-refractivity contribution is 5.27. The summed E-state index contributed by atoms with van der Waals surface area (Å²) in [5, 5.41) is 9.70. The first-order chi connectivity index (χ1) is 8.29. The van der Waals surface area contributed by atoms with Crippen molar-refractivity contribution in [2.24, 2.45) is 5.92 Å². The van der Waals surface area contributed by atoms with E-state index in [0.717, 1.165) is 25.0 Å². The Labute approximate surface area is 104 Å². The van der Waals surface area contributed by atoms with Crippen molar-refractivity contribution < 1.29 is 9.84 Å². The number of aliphatic hydroxyl groups is 1. The maximum absolute atomic E-state index is 9.70. The topological polar surface area (TPSA) is 29.5 Å². The number of hydrogen-bond acceptors (Lipinski definition) is 2. The Balaban J connectivity index is 1.76. The fraction of sp³-hybridized carbons (Fsp3) is 0.600. The molecule has 94 valence electrons. The van der Waals surface area contributed by atoms with E-state index in [-0.39, 0.29) is 6.10 Å². The molecule has 1 fully saturated rings. The van der Waals surface area contributed by atoms with E-state index < -0.39 is 0 Å². The van der Waals surface area contributed by atoms with Crippen LogP contribution in [0, 0.1) is 5.92 Å². The summed E-state index contributed by atoms with van der Waals surface area (Å²) in [6.45, 7) is 2.63. The zero-order valence-corrected chi connectivity index (χ0v) is 10.6. The highest BCUT2D eigenvalue weighted by Gasteiger charge is 2.29. The smallest absolute Gasteiger partial charge is 0.119 e. The number of aliphatic hydroxyl groups excluding tert-OH is 1. The Hall–Kier alpha value is -1.02. The summed E-state index contributed by atoms with van der Waals surface area (Å²) >= 11 is 0. The number of hydrogen-bond donors (Lipinski definition) is 1. The molecule has 1 saturated carbocycles. The SMILES string of the molecule is CCCCc1ccc(OCC(O)C2CC2)cc1. The molecule has 2 heteroatoms. The van der Waals surface area contributed by atoms with Gasteiger partial charge in [0.25, 0.3) is 0 Å². The van der Waals surface area contributed by atoms with Gasteiger partial charge in [-0.2, -0.15) is 0 Å². The van der Waals surface area contributed by atoms with Crippen LogP contribution in [-0.4, -0.2) is 17.8 Å². The average molecular weight is 234 g/mol. The van der Waals surface area contributed by atoms with Crippen LogP contribution in [0.1, 0.15) is 38.2 Å².